The molecule has 2 rings (SSSR count). The maximum Gasteiger partial charge on any atom is 0.573 e. The van der Waals surface area contributed by atoms with Gasteiger partial charge in [0.15, 0.2) is 0 Å². The standard InChI is InChI=1S/C15H10F6O/c1-9-2-4-10(5-3-9)11-6-7-13(22-15(19,20)21)12(8-11)14(16,17)18/h2-8H,1H3. The van der Waals surface area contributed by atoms with Gasteiger partial charge in [-0.3, -0.25) is 0 Å². The molecular formula is C15H10F6O. The summed E-state index contributed by atoms with van der Waals surface area (Å²) < 4.78 is 78.8. The molecule has 0 amide bonds. The van der Waals surface area contributed by atoms with Crippen molar-refractivity contribution in [2.45, 2.75) is 19.5 Å². The molecule has 0 aromatic heterocycles. The van der Waals surface area contributed by atoms with Gasteiger partial charge in [-0.15, -0.1) is 13.2 Å². The summed E-state index contributed by atoms with van der Waals surface area (Å²) in [5.41, 5.74) is 0.0660. The summed E-state index contributed by atoms with van der Waals surface area (Å²) in [7, 11) is 0. The van der Waals surface area contributed by atoms with Crippen LogP contribution in [0.4, 0.5) is 26.3 Å². The summed E-state index contributed by atoms with van der Waals surface area (Å²) in [5, 5.41) is 0. The highest BCUT2D eigenvalue weighted by Crippen LogP contribution is 2.40. The van der Waals surface area contributed by atoms with Crippen molar-refractivity contribution in [3.63, 3.8) is 0 Å². The minimum atomic E-state index is -5.19. The van der Waals surface area contributed by atoms with E-state index in [1.165, 1.54) is 0 Å². The zero-order chi connectivity index (χ0) is 16.5. The molecule has 0 fully saturated rings. The van der Waals surface area contributed by atoms with Crippen LogP contribution in [0.15, 0.2) is 42.5 Å². The Kier molecular flexibility index (Phi) is 4.08. The zero-order valence-corrected chi connectivity index (χ0v) is 11.2. The number of benzene rings is 2. The Morgan fingerprint density at radius 1 is 0.773 bits per heavy atom. The van der Waals surface area contributed by atoms with E-state index in [4.69, 9.17) is 0 Å². The summed E-state index contributed by atoms with van der Waals surface area (Å²) in [6, 6.07) is 9.05. The van der Waals surface area contributed by atoms with Gasteiger partial charge in [-0.1, -0.05) is 35.9 Å². The van der Waals surface area contributed by atoms with Gasteiger partial charge in [-0.2, -0.15) is 13.2 Å². The molecule has 0 aliphatic heterocycles. The van der Waals surface area contributed by atoms with Gasteiger partial charge in [0.25, 0.3) is 0 Å². The topological polar surface area (TPSA) is 9.23 Å². The SMILES string of the molecule is Cc1ccc(-c2ccc(OC(F)(F)F)c(C(F)(F)F)c2)cc1. The van der Waals surface area contributed by atoms with E-state index in [-0.39, 0.29) is 5.56 Å². The van der Waals surface area contributed by atoms with Crippen LogP contribution in [0, 0.1) is 6.92 Å². The third-order valence-electron chi connectivity index (χ3n) is 2.90. The second-order valence-corrected chi connectivity index (χ2v) is 4.62. The van der Waals surface area contributed by atoms with E-state index >= 15 is 0 Å². The van der Waals surface area contributed by atoms with Crippen LogP contribution in [-0.4, -0.2) is 6.36 Å². The van der Waals surface area contributed by atoms with Gasteiger partial charge in [0, 0.05) is 0 Å². The van der Waals surface area contributed by atoms with Gasteiger partial charge < -0.3 is 4.74 Å². The maximum atomic E-state index is 12.9. The van der Waals surface area contributed by atoms with E-state index < -0.39 is 23.9 Å². The van der Waals surface area contributed by atoms with Crippen molar-refractivity contribution < 1.29 is 31.1 Å². The van der Waals surface area contributed by atoms with Gasteiger partial charge >= 0.3 is 12.5 Å². The fraction of sp³-hybridized carbons (Fsp3) is 0.200. The number of hydrogen-bond donors (Lipinski definition) is 0. The lowest BCUT2D eigenvalue weighted by Gasteiger charge is -2.16. The zero-order valence-electron chi connectivity index (χ0n) is 11.2. The first kappa shape index (κ1) is 16.2. The summed E-state index contributed by atoms with van der Waals surface area (Å²) in [5.74, 6) is -1.27. The fourth-order valence-corrected chi connectivity index (χ4v) is 1.89. The van der Waals surface area contributed by atoms with Crippen LogP contribution in [-0.2, 0) is 6.18 Å². The van der Waals surface area contributed by atoms with Crippen LogP contribution in [0.1, 0.15) is 11.1 Å². The molecule has 22 heavy (non-hydrogen) atoms. The molecular weight excluding hydrogens is 310 g/mol. The number of aryl methyl sites for hydroxylation is 1. The number of rotatable bonds is 2. The Morgan fingerprint density at radius 2 is 1.32 bits per heavy atom. The number of alkyl halides is 6. The van der Waals surface area contributed by atoms with Crippen molar-refractivity contribution in [1.29, 1.82) is 0 Å². The first-order chi connectivity index (χ1) is 10.1. The minimum absolute atomic E-state index is 0.154. The average Bonchev–Trinajstić information content (AvgIpc) is 2.37. The van der Waals surface area contributed by atoms with Crippen LogP contribution in [0.2, 0.25) is 0 Å². The smallest absolute Gasteiger partial charge is 0.405 e. The number of halogens is 6. The van der Waals surface area contributed by atoms with Crippen molar-refractivity contribution in [3.05, 3.63) is 53.6 Å². The Morgan fingerprint density at radius 3 is 1.82 bits per heavy atom. The molecule has 0 aliphatic rings. The third-order valence-corrected chi connectivity index (χ3v) is 2.90. The van der Waals surface area contributed by atoms with E-state index in [2.05, 4.69) is 4.74 Å². The number of ether oxygens (including phenoxy) is 1. The molecule has 0 saturated heterocycles. The van der Waals surface area contributed by atoms with Crippen molar-refractivity contribution in [3.8, 4) is 16.9 Å². The van der Waals surface area contributed by atoms with Crippen LogP contribution in [0.25, 0.3) is 11.1 Å². The summed E-state index contributed by atoms with van der Waals surface area (Å²) >= 11 is 0. The highest BCUT2D eigenvalue weighted by atomic mass is 19.4. The highest BCUT2D eigenvalue weighted by molar-refractivity contribution is 5.66. The van der Waals surface area contributed by atoms with Crippen LogP contribution < -0.4 is 4.74 Å². The Bertz CT molecular complexity index is 655. The molecule has 7 heteroatoms. The molecule has 0 spiro atoms. The van der Waals surface area contributed by atoms with Gasteiger partial charge in [0.2, 0.25) is 0 Å². The Hall–Kier alpha value is -2.18. The van der Waals surface area contributed by atoms with E-state index in [0.717, 1.165) is 11.6 Å². The molecule has 0 atom stereocenters. The molecule has 2 aromatic carbocycles. The molecule has 2 aromatic rings. The van der Waals surface area contributed by atoms with E-state index in [0.29, 0.717) is 17.7 Å². The van der Waals surface area contributed by atoms with Crippen LogP contribution in [0.3, 0.4) is 0 Å². The molecule has 0 N–H and O–H groups in total. The molecule has 0 saturated carbocycles. The second-order valence-electron chi connectivity index (χ2n) is 4.62. The van der Waals surface area contributed by atoms with Crippen molar-refractivity contribution in [2.75, 3.05) is 0 Å². The van der Waals surface area contributed by atoms with Gasteiger partial charge in [-0.25, -0.2) is 0 Å². The Balaban J connectivity index is 2.50. The quantitative estimate of drug-likeness (QED) is 0.656. The lowest BCUT2D eigenvalue weighted by atomic mass is 10.0. The monoisotopic (exact) mass is 320 g/mol. The van der Waals surface area contributed by atoms with Crippen LogP contribution >= 0.6 is 0 Å². The summed E-state index contributed by atoms with van der Waals surface area (Å²) in [6.07, 6.45) is -10.1. The molecule has 0 radical (unpaired) electrons. The van der Waals surface area contributed by atoms with Gasteiger partial charge in [0.05, 0.1) is 5.56 Å². The van der Waals surface area contributed by atoms with Crippen molar-refractivity contribution in [2.24, 2.45) is 0 Å². The van der Waals surface area contributed by atoms with Crippen molar-refractivity contribution in [1.82, 2.24) is 0 Å². The van der Waals surface area contributed by atoms with Gasteiger partial charge in [0.1, 0.15) is 5.75 Å². The second kappa shape index (κ2) is 5.55. The lowest BCUT2D eigenvalue weighted by Crippen LogP contribution is -2.20. The van der Waals surface area contributed by atoms with E-state index in [1.807, 2.05) is 6.92 Å². The normalized spacial score (nSPS) is 12.3. The number of hydrogen-bond acceptors (Lipinski definition) is 1. The predicted octanol–water partition coefficient (Wildman–Crippen LogP) is 5.58. The van der Waals surface area contributed by atoms with Crippen molar-refractivity contribution >= 4 is 0 Å². The highest BCUT2D eigenvalue weighted by Gasteiger charge is 2.39. The average molecular weight is 320 g/mol. The summed E-state index contributed by atoms with van der Waals surface area (Å²) in [6.45, 7) is 1.81. The predicted molar refractivity (Wildman–Crippen MR) is 68.3 cm³/mol. The first-order valence-corrected chi connectivity index (χ1v) is 6.10. The molecule has 1 nitrogen and oxygen atoms in total. The van der Waals surface area contributed by atoms with E-state index in [1.54, 1.807) is 24.3 Å². The van der Waals surface area contributed by atoms with Gasteiger partial charge in [-0.05, 0) is 30.2 Å². The Labute approximate surface area is 122 Å². The fourth-order valence-electron chi connectivity index (χ4n) is 1.89. The summed E-state index contributed by atoms with van der Waals surface area (Å²) in [4.78, 5) is 0. The third kappa shape index (κ3) is 3.93. The molecule has 0 unspecified atom stereocenters. The molecule has 0 bridgehead atoms. The van der Waals surface area contributed by atoms with Crippen LogP contribution in [0.5, 0.6) is 5.75 Å². The first-order valence-electron chi connectivity index (χ1n) is 6.10. The van der Waals surface area contributed by atoms with E-state index in [9.17, 15) is 26.3 Å². The maximum absolute atomic E-state index is 12.9. The molecule has 0 aliphatic carbocycles. The molecule has 0 heterocycles. The molecule has 118 valence electrons. The minimum Gasteiger partial charge on any atom is -0.405 e. The lowest BCUT2D eigenvalue weighted by molar-refractivity contribution is -0.276. The largest absolute Gasteiger partial charge is 0.573 e.